The van der Waals surface area contributed by atoms with E-state index < -0.39 is 0 Å². The van der Waals surface area contributed by atoms with Crippen LogP contribution in [-0.2, 0) is 0 Å². The molecule has 0 spiro atoms. The predicted molar refractivity (Wildman–Crippen MR) is 68.4 cm³/mol. The van der Waals surface area contributed by atoms with E-state index in [1.54, 1.807) is 12.1 Å². The molecule has 1 aromatic heterocycles. The molecule has 0 saturated carbocycles. The maximum Gasteiger partial charge on any atom is 0.280 e. The van der Waals surface area contributed by atoms with Gasteiger partial charge in [-0.05, 0) is 28.1 Å². The number of anilines is 2. The first-order valence-electron chi connectivity index (χ1n) is 5.14. The second-order valence-electron chi connectivity index (χ2n) is 3.62. The van der Waals surface area contributed by atoms with Gasteiger partial charge in [0.2, 0.25) is 6.79 Å². The highest BCUT2D eigenvalue weighted by atomic mass is 79.9. The summed E-state index contributed by atoms with van der Waals surface area (Å²) in [6, 6.07) is 5.44. The number of H-pyrrole nitrogens is 1. The maximum atomic E-state index is 11.4. The van der Waals surface area contributed by atoms with E-state index in [2.05, 4.69) is 31.4 Å². The molecule has 7 heteroatoms. The topological polar surface area (TPSA) is 76.2 Å². The molecule has 0 fully saturated rings. The first-order chi connectivity index (χ1) is 8.74. The molecule has 0 bridgehead atoms. The number of rotatable bonds is 2. The Balaban J connectivity index is 1.93. The summed E-state index contributed by atoms with van der Waals surface area (Å²) in [4.78, 5) is 11.4. The number of benzene rings is 1. The molecule has 1 aliphatic heterocycles. The van der Waals surface area contributed by atoms with Crippen molar-refractivity contribution in [2.75, 3.05) is 12.1 Å². The normalized spacial score (nSPS) is 12.5. The van der Waals surface area contributed by atoms with Crippen LogP contribution in [0.2, 0.25) is 0 Å². The number of fused-ring (bicyclic) bond motifs is 1. The van der Waals surface area contributed by atoms with Crippen molar-refractivity contribution in [2.45, 2.75) is 0 Å². The van der Waals surface area contributed by atoms with Gasteiger partial charge in [-0.15, -0.1) is 0 Å². The minimum absolute atomic E-state index is 0.231. The zero-order valence-corrected chi connectivity index (χ0v) is 10.7. The lowest BCUT2D eigenvalue weighted by Crippen LogP contribution is -2.10. The molecule has 6 nitrogen and oxygen atoms in total. The molecule has 0 unspecified atom stereocenters. The number of aromatic nitrogens is 2. The molecule has 18 heavy (non-hydrogen) atoms. The SMILES string of the molecule is O=c1[nH]ncc(Nc2ccc3c(c2)OCO3)c1Br. The van der Waals surface area contributed by atoms with Gasteiger partial charge in [-0.3, -0.25) is 4.79 Å². The first-order valence-corrected chi connectivity index (χ1v) is 5.93. The van der Waals surface area contributed by atoms with E-state index in [4.69, 9.17) is 9.47 Å². The molecule has 0 aliphatic carbocycles. The van der Waals surface area contributed by atoms with Crippen molar-refractivity contribution in [3.8, 4) is 11.5 Å². The van der Waals surface area contributed by atoms with E-state index in [-0.39, 0.29) is 12.4 Å². The second-order valence-corrected chi connectivity index (χ2v) is 4.41. The lowest BCUT2D eigenvalue weighted by molar-refractivity contribution is 0.174. The van der Waals surface area contributed by atoms with Crippen molar-refractivity contribution >= 4 is 27.3 Å². The van der Waals surface area contributed by atoms with Gasteiger partial charge in [0.1, 0.15) is 4.47 Å². The van der Waals surface area contributed by atoms with E-state index in [1.165, 1.54) is 6.20 Å². The summed E-state index contributed by atoms with van der Waals surface area (Å²) >= 11 is 3.20. The fourth-order valence-corrected chi connectivity index (χ4v) is 1.89. The minimum atomic E-state index is -0.291. The Morgan fingerprint density at radius 3 is 3.06 bits per heavy atom. The molecule has 0 radical (unpaired) electrons. The number of aromatic amines is 1. The van der Waals surface area contributed by atoms with Gasteiger partial charge in [0.15, 0.2) is 11.5 Å². The average molecular weight is 310 g/mol. The highest BCUT2D eigenvalue weighted by Gasteiger charge is 2.13. The summed E-state index contributed by atoms with van der Waals surface area (Å²) in [5.41, 5.74) is 1.07. The number of ether oxygens (including phenoxy) is 2. The predicted octanol–water partition coefficient (Wildman–Crippen LogP) is 2.00. The van der Waals surface area contributed by atoms with Gasteiger partial charge in [-0.25, -0.2) is 5.10 Å². The molecule has 2 heterocycles. The molecule has 1 aromatic carbocycles. The van der Waals surface area contributed by atoms with Crippen LogP contribution >= 0.6 is 15.9 Å². The second kappa shape index (κ2) is 4.34. The summed E-state index contributed by atoms with van der Waals surface area (Å²) < 4.78 is 10.9. The lowest BCUT2D eigenvalue weighted by Gasteiger charge is -2.07. The molecule has 2 N–H and O–H groups in total. The monoisotopic (exact) mass is 309 g/mol. The van der Waals surface area contributed by atoms with Crippen molar-refractivity contribution in [1.82, 2.24) is 10.2 Å². The van der Waals surface area contributed by atoms with Crippen LogP contribution in [0.1, 0.15) is 0 Å². The van der Waals surface area contributed by atoms with Crippen molar-refractivity contribution < 1.29 is 9.47 Å². The highest BCUT2D eigenvalue weighted by Crippen LogP contribution is 2.35. The molecule has 2 aromatic rings. The Morgan fingerprint density at radius 1 is 1.33 bits per heavy atom. The van der Waals surface area contributed by atoms with E-state index in [0.717, 1.165) is 5.69 Å². The number of hydrogen-bond donors (Lipinski definition) is 2. The smallest absolute Gasteiger partial charge is 0.280 e. The van der Waals surface area contributed by atoms with Crippen LogP contribution in [0.25, 0.3) is 0 Å². The van der Waals surface area contributed by atoms with E-state index in [1.807, 2.05) is 6.07 Å². The standard InChI is InChI=1S/C11H8BrN3O3/c12-10-7(4-13-15-11(10)16)14-6-1-2-8-9(3-6)18-5-17-8/h1-4H,5H2,(H2,14,15,16). The molecular formula is C11H8BrN3O3. The van der Waals surface area contributed by atoms with Crippen LogP contribution in [0.4, 0.5) is 11.4 Å². The molecule has 92 valence electrons. The Kier molecular flexibility index (Phi) is 2.67. The summed E-state index contributed by atoms with van der Waals surface area (Å²) in [7, 11) is 0. The minimum Gasteiger partial charge on any atom is -0.454 e. The van der Waals surface area contributed by atoms with Crippen LogP contribution in [0.3, 0.4) is 0 Å². The van der Waals surface area contributed by atoms with Crippen LogP contribution in [0.5, 0.6) is 11.5 Å². The summed E-state index contributed by atoms with van der Waals surface area (Å²) in [6.07, 6.45) is 1.52. The third-order valence-corrected chi connectivity index (χ3v) is 3.23. The maximum absolute atomic E-state index is 11.4. The lowest BCUT2D eigenvalue weighted by atomic mass is 10.2. The fourth-order valence-electron chi connectivity index (χ4n) is 1.60. The van der Waals surface area contributed by atoms with E-state index >= 15 is 0 Å². The van der Waals surface area contributed by atoms with Crippen molar-refractivity contribution in [3.63, 3.8) is 0 Å². The third kappa shape index (κ3) is 1.92. The first kappa shape index (κ1) is 11.1. The fraction of sp³-hybridized carbons (Fsp3) is 0.0909. The molecule has 0 amide bonds. The number of nitrogens with zero attached hydrogens (tertiary/aromatic N) is 1. The molecule has 1 aliphatic rings. The van der Waals surface area contributed by atoms with Gasteiger partial charge in [0, 0.05) is 11.8 Å². The summed E-state index contributed by atoms with van der Waals surface area (Å²) in [5.74, 6) is 1.39. The van der Waals surface area contributed by atoms with Crippen LogP contribution in [-0.4, -0.2) is 17.0 Å². The van der Waals surface area contributed by atoms with Crippen LogP contribution in [0.15, 0.2) is 33.7 Å². The Morgan fingerprint density at radius 2 is 2.17 bits per heavy atom. The van der Waals surface area contributed by atoms with Crippen LogP contribution in [0, 0.1) is 0 Å². The quantitative estimate of drug-likeness (QED) is 0.887. The van der Waals surface area contributed by atoms with Crippen molar-refractivity contribution in [3.05, 3.63) is 39.2 Å². The molecule has 0 atom stereocenters. The average Bonchev–Trinajstić information content (AvgIpc) is 2.82. The van der Waals surface area contributed by atoms with Crippen molar-refractivity contribution in [1.29, 1.82) is 0 Å². The summed E-state index contributed by atoms with van der Waals surface area (Å²) in [6.45, 7) is 0.231. The molecular weight excluding hydrogens is 302 g/mol. The zero-order valence-electron chi connectivity index (χ0n) is 9.07. The number of hydrogen-bond acceptors (Lipinski definition) is 5. The van der Waals surface area contributed by atoms with Crippen LogP contribution < -0.4 is 20.3 Å². The Bertz CT molecular complexity index is 656. The highest BCUT2D eigenvalue weighted by molar-refractivity contribution is 9.10. The number of halogens is 1. The largest absolute Gasteiger partial charge is 0.454 e. The van der Waals surface area contributed by atoms with Gasteiger partial charge in [-0.2, -0.15) is 5.10 Å². The molecule has 3 rings (SSSR count). The van der Waals surface area contributed by atoms with E-state index in [9.17, 15) is 4.79 Å². The van der Waals surface area contributed by atoms with Gasteiger partial charge >= 0.3 is 0 Å². The van der Waals surface area contributed by atoms with Gasteiger partial charge < -0.3 is 14.8 Å². The number of nitrogens with one attached hydrogen (secondary N) is 2. The summed E-state index contributed by atoms with van der Waals surface area (Å²) in [5, 5.41) is 9.14. The zero-order chi connectivity index (χ0) is 12.5. The van der Waals surface area contributed by atoms with Gasteiger partial charge in [-0.1, -0.05) is 0 Å². The van der Waals surface area contributed by atoms with Crippen molar-refractivity contribution in [2.24, 2.45) is 0 Å². The molecule has 0 saturated heterocycles. The van der Waals surface area contributed by atoms with Gasteiger partial charge in [0.05, 0.1) is 11.9 Å². The Hall–Kier alpha value is -2.02. The van der Waals surface area contributed by atoms with Gasteiger partial charge in [0.25, 0.3) is 5.56 Å². The van der Waals surface area contributed by atoms with E-state index in [0.29, 0.717) is 21.7 Å². The Labute approximate surface area is 110 Å². The third-order valence-electron chi connectivity index (χ3n) is 2.45.